The van der Waals surface area contributed by atoms with Crippen molar-refractivity contribution in [3.63, 3.8) is 0 Å². The first-order chi connectivity index (χ1) is 14.0. The van der Waals surface area contributed by atoms with Crippen molar-refractivity contribution >= 4 is 33.4 Å². The Morgan fingerprint density at radius 1 is 1.17 bits per heavy atom. The van der Waals surface area contributed by atoms with E-state index in [1.807, 2.05) is 24.3 Å². The molecule has 0 radical (unpaired) electrons. The summed E-state index contributed by atoms with van der Waals surface area (Å²) in [5, 5.41) is 2.91. The van der Waals surface area contributed by atoms with Gasteiger partial charge in [-0.2, -0.15) is 0 Å². The molecule has 0 atom stereocenters. The third-order valence-corrected chi connectivity index (χ3v) is 7.65. The van der Waals surface area contributed by atoms with Gasteiger partial charge in [-0.1, -0.05) is 6.07 Å². The molecule has 1 saturated heterocycles. The Bertz CT molecular complexity index is 930. The molecule has 2 aromatic rings. The first-order valence-electron chi connectivity index (χ1n) is 9.65. The Labute approximate surface area is 176 Å². The van der Waals surface area contributed by atoms with Gasteiger partial charge in [0, 0.05) is 23.5 Å². The van der Waals surface area contributed by atoms with Crippen molar-refractivity contribution in [2.75, 3.05) is 36.0 Å². The smallest absolute Gasteiger partial charge is 0.251 e. The molecular formula is C21H26N2O4S2. The number of sulfonamides is 1. The average Bonchev–Trinajstić information content (AvgIpc) is 2.73. The van der Waals surface area contributed by atoms with Crippen LogP contribution in [0.4, 0.5) is 5.69 Å². The maximum absolute atomic E-state index is 12.4. The van der Waals surface area contributed by atoms with E-state index in [0.29, 0.717) is 30.8 Å². The quantitative estimate of drug-likeness (QED) is 0.508. The highest BCUT2D eigenvalue weighted by molar-refractivity contribution is 7.99. The summed E-state index contributed by atoms with van der Waals surface area (Å²) in [7, 11) is -1.64. The van der Waals surface area contributed by atoms with Gasteiger partial charge in [-0.05, 0) is 67.5 Å². The largest absolute Gasteiger partial charge is 0.497 e. The summed E-state index contributed by atoms with van der Waals surface area (Å²) in [6, 6.07) is 14.7. The Morgan fingerprint density at radius 3 is 2.69 bits per heavy atom. The number of rotatable bonds is 8. The van der Waals surface area contributed by atoms with Gasteiger partial charge in [-0.3, -0.25) is 9.10 Å². The van der Waals surface area contributed by atoms with Crippen LogP contribution >= 0.6 is 11.8 Å². The molecule has 6 nitrogen and oxygen atoms in total. The number of nitrogens with one attached hydrogen (secondary N) is 1. The Morgan fingerprint density at radius 2 is 1.97 bits per heavy atom. The number of hydrogen-bond donors (Lipinski definition) is 1. The van der Waals surface area contributed by atoms with E-state index >= 15 is 0 Å². The van der Waals surface area contributed by atoms with E-state index in [-0.39, 0.29) is 11.7 Å². The van der Waals surface area contributed by atoms with Gasteiger partial charge in [0.1, 0.15) is 5.75 Å². The summed E-state index contributed by atoms with van der Waals surface area (Å²) in [4.78, 5) is 13.6. The number of thioether (sulfide) groups is 1. The monoisotopic (exact) mass is 434 g/mol. The van der Waals surface area contributed by atoms with Gasteiger partial charge in [0.05, 0.1) is 18.6 Å². The van der Waals surface area contributed by atoms with Gasteiger partial charge in [-0.15, -0.1) is 11.8 Å². The van der Waals surface area contributed by atoms with Gasteiger partial charge in [0.2, 0.25) is 10.0 Å². The molecule has 156 valence electrons. The number of hydrogen-bond acceptors (Lipinski definition) is 5. The van der Waals surface area contributed by atoms with Gasteiger partial charge < -0.3 is 10.1 Å². The molecule has 8 heteroatoms. The zero-order chi connectivity index (χ0) is 20.7. The molecule has 2 aromatic carbocycles. The molecule has 0 spiro atoms. The second kappa shape index (κ2) is 10.0. The van der Waals surface area contributed by atoms with Gasteiger partial charge in [0.15, 0.2) is 0 Å². The molecule has 1 aliphatic rings. The van der Waals surface area contributed by atoms with Crippen LogP contribution in [0.5, 0.6) is 5.75 Å². The Hall–Kier alpha value is -2.19. The van der Waals surface area contributed by atoms with Crippen molar-refractivity contribution in [1.82, 2.24) is 5.32 Å². The van der Waals surface area contributed by atoms with Crippen molar-refractivity contribution < 1.29 is 17.9 Å². The average molecular weight is 435 g/mol. The van der Waals surface area contributed by atoms with Crippen LogP contribution in [0.1, 0.15) is 29.6 Å². The van der Waals surface area contributed by atoms with Crippen molar-refractivity contribution in [3.05, 3.63) is 54.1 Å². The number of amides is 1. The number of nitrogens with zero attached hydrogens (tertiary/aromatic N) is 1. The van der Waals surface area contributed by atoms with E-state index in [2.05, 4.69) is 5.32 Å². The predicted molar refractivity (Wildman–Crippen MR) is 117 cm³/mol. The molecule has 0 aliphatic carbocycles. The molecule has 1 fully saturated rings. The van der Waals surface area contributed by atoms with E-state index in [0.717, 1.165) is 29.2 Å². The lowest BCUT2D eigenvalue weighted by Crippen LogP contribution is -2.38. The van der Waals surface area contributed by atoms with Gasteiger partial charge in [0.25, 0.3) is 5.91 Å². The molecule has 1 aliphatic heterocycles. The highest BCUT2D eigenvalue weighted by Gasteiger charge is 2.26. The molecular weight excluding hydrogens is 408 g/mol. The lowest BCUT2D eigenvalue weighted by atomic mass is 10.2. The Balaban J connectivity index is 1.48. The van der Waals surface area contributed by atoms with Crippen molar-refractivity contribution in [2.45, 2.75) is 24.2 Å². The topological polar surface area (TPSA) is 75.7 Å². The van der Waals surface area contributed by atoms with Crippen molar-refractivity contribution in [2.24, 2.45) is 0 Å². The highest BCUT2D eigenvalue weighted by atomic mass is 32.2. The summed E-state index contributed by atoms with van der Waals surface area (Å²) >= 11 is 1.73. The molecule has 0 bridgehead atoms. The van der Waals surface area contributed by atoms with Crippen LogP contribution < -0.4 is 14.4 Å². The summed E-state index contributed by atoms with van der Waals surface area (Å²) < 4.78 is 31.1. The van der Waals surface area contributed by atoms with E-state index in [4.69, 9.17) is 4.74 Å². The molecule has 1 heterocycles. The van der Waals surface area contributed by atoms with Crippen LogP contribution in [0.3, 0.4) is 0 Å². The number of carbonyl (C=O) groups excluding carboxylic acids is 1. The fourth-order valence-electron chi connectivity index (χ4n) is 3.12. The molecule has 1 N–H and O–H groups in total. The molecule has 0 aromatic heterocycles. The second-order valence-electron chi connectivity index (χ2n) is 6.78. The lowest BCUT2D eigenvalue weighted by molar-refractivity contribution is 0.0954. The van der Waals surface area contributed by atoms with Gasteiger partial charge in [-0.25, -0.2) is 8.42 Å². The molecule has 0 saturated carbocycles. The third-order valence-electron chi connectivity index (χ3n) is 4.68. The van der Waals surface area contributed by atoms with E-state index in [1.165, 1.54) is 4.31 Å². The fraction of sp³-hybridized carbons (Fsp3) is 0.381. The first-order valence-corrected chi connectivity index (χ1v) is 12.2. The number of ether oxygens (including phenoxy) is 1. The van der Waals surface area contributed by atoms with Crippen LogP contribution in [0.25, 0.3) is 0 Å². The third kappa shape index (κ3) is 5.90. The Kier molecular flexibility index (Phi) is 7.44. The van der Waals surface area contributed by atoms with Crippen LogP contribution in [0, 0.1) is 0 Å². The maximum Gasteiger partial charge on any atom is 0.251 e. The fourth-order valence-corrected chi connectivity index (χ4v) is 5.60. The van der Waals surface area contributed by atoms with Crippen molar-refractivity contribution in [3.8, 4) is 5.75 Å². The van der Waals surface area contributed by atoms with Crippen LogP contribution in [0.15, 0.2) is 53.4 Å². The first kappa shape index (κ1) is 21.5. The number of carbonyl (C=O) groups is 1. The maximum atomic E-state index is 12.4. The zero-order valence-corrected chi connectivity index (χ0v) is 18.1. The summed E-state index contributed by atoms with van der Waals surface area (Å²) in [6.45, 7) is 1.03. The van der Waals surface area contributed by atoms with E-state index in [9.17, 15) is 13.2 Å². The standard InChI is InChI=1S/C21H26N2O4S2/c1-27-19-8-10-20(11-9-19)28-14-5-12-22-21(24)17-6-4-7-18(16-17)23-13-2-3-15-29(23,25)26/h4,6-11,16H,2-3,5,12-15H2,1H3,(H,22,24). The summed E-state index contributed by atoms with van der Waals surface area (Å²) in [5.41, 5.74) is 1.04. The molecule has 1 amide bonds. The minimum absolute atomic E-state index is 0.162. The molecule has 0 unspecified atom stereocenters. The molecule has 3 rings (SSSR count). The van der Waals surface area contributed by atoms with Gasteiger partial charge >= 0.3 is 0 Å². The van der Waals surface area contributed by atoms with Crippen LogP contribution in [-0.4, -0.2) is 46.0 Å². The number of anilines is 1. The molecule has 29 heavy (non-hydrogen) atoms. The SMILES string of the molecule is COc1ccc(SCCCNC(=O)c2cccc(N3CCCCS3(=O)=O)c2)cc1. The van der Waals surface area contributed by atoms with Crippen LogP contribution in [0.2, 0.25) is 0 Å². The second-order valence-corrected chi connectivity index (χ2v) is 9.96. The minimum atomic E-state index is -3.28. The normalized spacial score (nSPS) is 15.7. The number of methoxy groups -OCH3 is 1. The van der Waals surface area contributed by atoms with Crippen LogP contribution in [-0.2, 0) is 10.0 Å². The predicted octanol–water partition coefficient (Wildman–Crippen LogP) is 3.54. The number of benzene rings is 2. The van der Waals surface area contributed by atoms with E-state index in [1.54, 1.807) is 43.1 Å². The lowest BCUT2D eigenvalue weighted by Gasteiger charge is -2.28. The van der Waals surface area contributed by atoms with Crippen molar-refractivity contribution in [1.29, 1.82) is 0 Å². The summed E-state index contributed by atoms with van der Waals surface area (Å²) in [5.74, 6) is 1.70. The minimum Gasteiger partial charge on any atom is -0.497 e. The zero-order valence-electron chi connectivity index (χ0n) is 16.5. The van der Waals surface area contributed by atoms with E-state index < -0.39 is 10.0 Å². The highest BCUT2D eigenvalue weighted by Crippen LogP contribution is 2.24. The summed E-state index contributed by atoms with van der Waals surface area (Å²) in [6.07, 6.45) is 2.36.